The van der Waals surface area contributed by atoms with Gasteiger partial charge in [0.15, 0.2) is 0 Å². The summed E-state index contributed by atoms with van der Waals surface area (Å²) in [6.07, 6.45) is 24.7. The van der Waals surface area contributed by atoms with E-state index in [0.717, 1.165) is 6.54 Å². The standard InChI is InChI=1S/C24H51NO/c1-5-7-9-11-13-15-17-19-21-24(23-25(3,4)26)22-20-18-16-14-12-10-8-6-2/h24H,5-23H2,1-4H3. The van der Waals surface area contributed by atoms with Crippen molar-refractivity contribution in [2.45, 2.75) is 129 Å². The summed E-state index contributed by atoms with van der Waals surface area (Å²) in [5, 5.41) is 12.1. The smallest absolute Gasteiger partial charge is 0.0808 e. The van der Waals surface area contributed by atoms with Crippen molar-refractivity contribution >= 4 is 0 Å². The fourth-order valence-corrected chi connectivity index (χ4v) is 4.08. The molecule has 0 radical (unpaired) electrons. The predicted molar refractivity (Wildman–Crippen MR) is 118 cm³/mol. The van der Waals surface area contributed by atoms with E-state index in [2.05, 4.69) is 13.8 Å². The molecule has 0 saturated heterocycles. The first kappa shape index (κ1) is 25.9. The molecule has 158 valence electrons. The highest BCUT2D eigenvalue weighted by Crippen LogP contribution is 2.21. The first-order chi connectivity index (χ1) is 12.5. The molecule has 0 aliphatic carbocycles. The molecule has 0 spiro atoms. The second-order valence-corrected chi connectivity index (χ2v) is 9.15. The number of rotatable bonds is 20. The molecule has 0 unspecified atom stereocenters. The van der Waals surface area contributed by atoms with Gasteiger partial charge in [-0.1, -0.05) is 117 Å². The van der Waals surface area contributed by atoms with Crippen molar-refractivity contribution < 1.29 is 4.65 Å². The highest BCUT2D eigenvalue weighted by Gasteiger charge is 2.15. The van der Waals surface area contributed by atoms with Crippen LogP contribution in [-0.2, 0) is 0 Å². The zero-order valence-corrected chi connectivity index (χ0v) is 18.9. The van der Waals surface area contributed by atoms with Gasteiger partial charge in [0.25, 0.3) is 0 Å². The lowest BCUT2D eigenvalue weighted by Crippen LogP contribution is -2.37. The Balaban J connectivity index is 3.74. The van der Waals surface area contributed by atoms with E-state index < -0.39 is 0 Å². The molecule has 0 bridgehead atoms. The Morgan fingerprint density at radius 2 is 0.846 bits per heavy atom. The van der Waals surface area contributed by atoms with Gasteiger partial charge in [0.2, 0.25) is 0 Å². The minimum Gasteiger partial charge on any atom is -0.633 e. The van der Waals surface area contributed by atoms with Crippen molar-refractivity contribution in [2.24, 2.45) is 5.92 Å². The van der Waals surface area contributed by atoms with Crippen LogP contribution in [0.15, 0.2) is 0 Å². The molecule has 0 amide bonds. The molecule has 0 aromatic rings. The summed E-state index contributed by atoms with van der Waals surface area (Å²) in [6, 6.07) is 0. The number of hydrogen-bond acceptors (Lipinski definition) is 1. The van der Waals surface area contributed by atoms with Crippen LogP contribution in [0.3, 0.4) is 0 Å². The van der Waals surface area contributed by atoms with E-state index in [4.69, 9.17) is 0 Å². The lowest BCUT2D eigenvalue weighted by atomic mass is 9.93. The Kier molecular flexibility index (Phi) is 18.2. The highest BCUT2D eigenvalue weighted by atomic mass is 16.5. The fraction of sp³-hybridized carbons (Fsp3) is 1.00. The van der Waals surface area contributed by atoms with E-state index in [1.807, 2.05) is 14.1 Å². The van der Waals surface area contributed by atoms with Crippen LogP contribution in [0.2, 0.25) is 0 Å². The third-order valence-corrected chi connectivity index (χ3v) is 5.63. The van der Waals surface area contributed by atoms with Gasteiger partial charge in [-0.25, -0.2) is 0 Å². The van der Waals surface area contributed by atoms with Gasteiger partial charge in [-0.15, -0.1) is 0 Å². The lowest BCUT2D eigenvalue weighted by Gasteiger charge is -2.37. The molecule has 0 N–H and O–H groups in total. The summed E-state index contributed by atoms with van der Waals surface area (Å²) in [6.45, 7) is 5.37. The van der Waals surface area contributed by atoms with Crippen LogP contribution in [0.25, 0.3) is 0 Å². The Hall–Kier alpha value is -0.0800. The van der Waals surface area contributed by atoms with E-state index in [-0.39, 0.29) is 4.65 Å². The van der Waals surface area contributed by atoms with Crippen molar-refractivity contribution in [1.29, 1.82) is 0 Å². The topological polar surface area (TPSA) is 23.1 Å². The minimum absolute atomic E-state index is 0.112. The maximum absolute atomic E-state index is 12.1. The second-order valence-electron chi connectivity index (χ2n) is 9.15. The highest BCUT2D eigenvalue weighted by molar-refractivity contribution is 4.61. The Labute approximate surface area is 166 Å². The van der Waals surface area contributed by atoms with Crippen LogP contribution < -0.4 is 0 Å². The van der Waals surface area contributed by atoms with Crippen molar-refractivity contribution in [3.05, 3.63) is 5.21 Å². The van der Waals surface area contributed by atoms with E-state index in [1.165, 1.54) is 116 Å². The fourth-order valence-electron chi connectivity index (χ4n) is 4.08. The van der Waals surface area contributed by atoms with Crippen LogP contribution in [0, 0.1) is 11.1 Å². The Morgan fingerprint density at radius 3 is 1.15 bits per heavy atom. The van der Waals surface area contributed by atoms with Gasteiger partial charge >= 0.3 is 0 Å². The first-order valence-corrected chi connectivity index (χ1v) is 12.0. The number of hydroxylamine groups is 3. The third-order valence-electron chi connectivity index (χ3n) is 5.63. The average molecular weight is 370 g/mol. The van der Waals surface area contributed by atoms with Crippen molar-refractivity contribution in [3.63, 3.8) is 0 Å². The van der Waals surface area contributed by atoms with Gasteiger partial charge in [-0.05, 0) is 12.8 Å². The normalized spacial score (nSPS) is 12.2. The van der Waals surface area contributed by atoms with E-state index in [1.54, 1.807) is 0 Å². The molecule has 0 saturated carbocycles. The molecule has 2 heteroatoms. The van der Waals surface area contributed by atoms with Crippen LogP contribution in [0.1, 0.15) is 129 Å². The minimum atomic E-state index is -0.112. The number of hydrogen-bond donors (Lipinski definition) is 0. The largest absolute Gasteiger partial charge is 0.633 e. The average Bonchev–Trinajstić information content (AvgIpc) is 2.58. The predicted octanol–water partition coefficient (Wildman–Crippen LogP) is 8.24. The van der Waals surface area contributed by atoms with Crippen molar-refractivity contribution in [2.75, 3.05) is 20.6 Å². The maximum Gasteiger partial charge on any atom is 0.0808 e. The van der Waals surface area contributed by atoms with Crippen LogP contribution in [0.4, 0.5) is 0 Å². The van der Waals surface area contributed by atoms with Crippen molar-refractivity contribution in [3.8, 4) is 0 Å². The van der Waals surface area contributed by atoms with Gasteiger partial charge in [-0.2, -0.15) is 0 Å². The van der Waals surface area contributed by atoms with Crippen LogP contribution >= 0.6 is 0 Å². The summed E-state index contributed by atoms with van der Waals surface area (Å²) >= 11 is 0. The van der Waals surface area contributed by atoms with Crippen LogP contribution in [0.5, 0.6) is 0 Å². The second kappa shape index (κ2) is 18.3. The molecule has 26 heavy (non-hydrogen) atoms. The molecule has 0 heterocycles. The molecular weight excluding hydrogens is 318 g/mol. The lowest BCUT2D eigenvalue weighted by molar-refractivity contribution is -0.843. The molecule has 0 aromatic heterocycles. The van der Waals surface area contributed by atoms with Crippen molar-refractivity contribution in [1.82, 2.24) is 0 Å². The maximum atomic E-state index is 12.1. The summed E-state index contributed by atoms with van der Waals surface area (Å²) in [7, 11) is 3.63. The van der Waals surface area contributed by atoms with E-state index in [0.29, 0.717) is 5.92 Å². The van der Waals surface area contributed by atoms with E-state index in [9.17, 15) is 5.21 Å². The van der Waals surface area contributed by atoms with Gasteiger partial charge in [-0.3, -0.25) is 0 Å². The third kappa shape index (κ3) is 20.2. The number of nitrogens with zero attached hydrogens (tertiary/aromatic N) is 1. The molecule has 0 aliphatic heterocycles. The van der Waals surface area contributed by atoms with Gasteiger partial charge in [0, 0.05) is 5.92 Å². The van der Waals surface area contributed by atoms with Gasteiger partial charge < -0.3 is 9.85 Å². The Morgan fingerprint density at radius 1 is 0.538 bits per heavy atom. The first-order valence-electron chi connectivity index (χ1n) is 12.0. The molecular formula is C24H51NO. The van der Waals surface area contributed by atoms with E-state index >= 15 is 0 Å². The zero-order chi connectivity index (χ0) is 19.5. The Bertz CT molecular complexity index is 252. The van der Waals surface area contributed by atoms with Gasteiger partial charge in [0.1, 0.15) is 0 Å². The number of quaternary nitrogens is 1. The molecule has 2 nitrogen and oxygen atoms in total. The molecule has 0 aliphatic rings. The molecule has 0 aromatic carbocycles. The zero-order valence-electron chi connectivity index (χ0n) is 18.9. The number of unbranched alkanes of at least 4 members (excludes halogenated alkanes) is 14. The van der Waals surface area contributed by atoms with Crippen LogP contribution in [-0.4, -0.2) is 25.3 Å². The summed E-state index contributed by atoms with van der Waals surface area (Å²) in [5.41, 5.74) is 0. The summed E-state index contributed by atoms with van der Waals surface area (Å²) < 4.78 is -0.112. The SMILES string of the molecule is CCCCCCCCCCC(CCCCCCCCCC)C[N+](C)(C)[O-]. The van der Waals surface area contributed by atoms with Gasteiger partial charge in [0.05, 0.1) is 20.6 Å². The quantitative estimate of drug-likeness (QED) is 0.120. The molecule has 0 rings (SSSR count). The summed E-state index contributed by atoms with van der Waals surface area (Å²) in [4.78, 5) is 0. The monoisotopic (exact) mass is 369 g/mol. The summed E-state index contributed by atoms with van der Waals surface area (Å²) in [5.74, 6) is 0.641. The molecule has 0 atom stereocenters. The molecule has 0 fully saturated rings.